The third kappa shape index (κ3) is 2.71. The van der Waals surface area contributed by atoms with Crippen LogP contribution in [0.15, 0.2) is 12.3 Å². The van der Waals surface area contributed by atoms with Crippen LogP contribution in [0.1, 0.15) is 52.7 Å². The molecule has 19 heavy (non-hydrogen) atoms. The first-order valence-corrected chi connectivity index (χ1v) is 7.70. The molecule has 1 saturated carbocycles. The fourth-order valence-electron chi connectivity index (χ4n) is 3.89. The van der Waals surface area contributed by atoms with Crippen LogP contribution in [0.25, 0.3) is 0 Å². The van der Waals surface area contributed by atoms with Crippen LogP contribution in [-0.2, 0) is 12.0 Å². The van der Waals surface area contributed by atoms with Gasteiger partial charge < -0.3 is 5.32 Å². The van der Waals surface area contributed by atoms with E-state index in [-0.39, 0.29) is 5.41 Å². The monoisotopic (exact) mass is 263 g/mol. The van der Waals surface area contributed by atoms with Crippen molar-refractivity contribution in [1.82, 2.24) is 15.1 Å². The molecule has 0 aromatic carbocycles. The van der Waals surface area contributed by atoms with Gasteiger partial charge in [0.15, 0.2) is 0 Å². The van der Waals surface area contributed by atoms with E-state index in [2.05, 4.69) is 55.9 Å². The number of nitrogens with zero attached hydrogens (tertiary/aromatic N) is 2. The fraction of sp³-hybridized carbons (Fsp3) is 0.812. The molecule has 1 aromatic rings. The molecule has 0 radical (unpaired) electrons. The smallest absolute Gasteiger partial charge is 0.0492 e. The molecule has 108 valence electrons. The molecule has 0 amide bonds. The Bertz CT molecular complexity index is 408. The first kappa shape index (κ1) is 14.6. The second-order valence-corrected chi connectivity index (χ2v) is 6.67. The first-order chi connectivity index (χ1) is 9.00. The number of hydrogen-bond donors (Lipinski definition) is 1. The zero-order chi connectivity index (χ0) is 14.0. The van der Waals surface area contributed by atoms with E-state index in [9.17, 15) is 0 Å². The van der Waals surface area contributed by atoms with Crippen molar-refractivity contribution < 1.29 is 0 Å². The molecule has 3 unspecified atom stereocenters. The maximum absolute atomic E-state index is 4.46. The average Bonchev–Trinajstić information content (AvgIpc) is 2.87. The fourth-order valence-corrected chi connectivity index (χ4v) is 3.89. The van der Waals surface area contributed by atoms with E-state index in [0.717, 1.165) is 12.5 Å². The molecule has 1 heterocycles. The van der Waals surface area contributed by atoms with Gasteiger partial charge in [0.25, 0.3) is 0 Å². The average molecular weight is 263 g/mol. The van der Waals surface area contributed by atoms with E-state index in [0.29, 0.717) is 12.0 Å². The van der Waals surface area contributed by atoms with Crippen molar-refractivity contribution in [2.75, 3.05) is 7.05 Å². The van der Waals surface area contributed by atoms with Gasteiger partial charge in [-0.3, -0.25) is 4.68 Å². The second-order valence-electron chi connectivity index (χ2n) is 6.67. The van der Waals surface area contributed by atoms with E-state index in [1.807, 2.05) is 6.20 Å². The zero-order valence-electron chi connectivity index (χ0n) is 13.1. The molecule has 0 spiro atoms. The van der Waals surface area contributed by atoms with Crippen molar-refractivity contribution in [3.05, 3.63) is 18.0 Å². The molecule has 3 atom stereocenters. The minimum atomic E-state index is 0.181. The molecule has 0 aliphatic heterocycles. The number of hydrogen-bond acceptors (Lipinski definition) is 2. The highest BCUT2D eigenvalue weighted by Crippen LogP contribution is 2.42. The van der Waals surface area contributed by atoms with Gasteiger partial charge in [-0.15, -0.1) is 0 Å². The van der Waals surface area contributed by atoms with Crippen LogP contribution in [0.3, 0.4) is 0 Å². The predicted molar refractivity (Wildman–Crippen MR) is 80.3 cm³/mol. The van der Waals surface area contributed by atoms with Gasteiger partial charge in [-0.25, -0.2) is 0 Å². The Hall–Kier alpha value is -0.830. The standard InChI is InChI=1S/C16H29N3/c1-6-19-15(9-10-18-19)16(3,4)13-8-7-12(2)11-14(13)17-5/h9-10,12-14,17H,6-8,11H2,1-5H3. The zero-order valence-corrected chi connectivity index (χ0v) is 13.1. The molecule has 1 aliphatic carbocycles. The number of aryl methyl sites for hydroxylation is 1. The van der Waals surface area contributed by atoms with E-state index in [1.54, 1.807) is 0 Å². The Balaban J connectivity index is 2.27. The molecule has 0 bridgehead atoms. The van der Waals surface area contributed by atoms with Crippen LogP contribution in [0.2, 0.25) is 0 Å². The van der Waals surface area contributed by atoms with Gasteiger partial charge >= 0.3 is 0 Å². The van der Waals surface area contributed by atoms with Crippen LogP contribution in [0, 0.1) is 11.8 Å². The van der Waals surface area contributed by atoms with Gasteiger partial charge in [-0.1, -0.05) is 27.2 Å². The lowest BCUT2D eigenvalue weighted by molar-refractivity contribution is 0.145. The van der Waals surface area contributed by atoms with Crippen molar-refractivity contribution in [3.8, 4) is 0 Å². The summed E-state index contributed by atoms with van der Waals surface area (Å²) in [4.78, 5) is 0. The minimum Gasteiger partial charge on any atom is -0.317 e. The Morgan fingerprint density at radius 3 is 2.79 bits per heavy atom. The van der Waals surface area contributed by atoms with E-state index in [1.165, 1.54) is 25.0 Å². The van der Waals surface area contributed by atoms with Crippen LogP contribution in [-0.4, -0.2) is 22.9 Å². The van der Waals surface area contributed by atoms with Gasteiger partial charge in [0.05, 0.1) is 0 Å². The number of nitrogens with one attached hydrogen (secondary N) is 1. The van der Waals surface area contributed by atoms with Gasteiger partial charge in [0.1, 0.15) is 0 Å². The highest BCUT2D eigenvalue weighted by atomic mass is 15.3. The SMILES string of the molecule is CCn1nccc1C(C)(C)C1CCC(C)CC1NC. The van der Waals surface area contributed by atoms with Crippen molar-refractivity contribution in [2.24, 2.45) is 11.8 Å². The first-order valence-electron chi connectivity index (χ1n) is 7.70. The topological polar surface area (TPSA) is 29.9 Å². The largest absolute Gasteiger partial charge is 0.317 e. The normalized spacial score (nSPS) is 28.6. The van der Waals surface area contributed by atoms with Crippen LogP contribution in [0.4, 0.5) is 0 Å². The molecular formula is C16H29N3. The Labute approximate surface area is 117 Å². The van der Waals surface area contributed by atoms with Gasteiger partial charge in [0.2, 0.25) is 0 Å². The lowest BCUT2D eigenvalue weighted by atomic mass is 9.65. The van der Waals surface area contributed by atoms with Crippen molar-refractivity contribution in [2.45, 2.75) is 65.0 Å². The summed E-state index contributed by atoms with van der Waals surface area (Å²) in [5, 5.41) is 8.02. The molecule has 1 aromatic heterocycles. The summed E-state index contributed by atoms with van der Waals surface area (Å²) in [6, 6.07) is 2.83. The number of aromatic nitrogens is 2. The second kappa shape index (κ2) is 5.66. The van der Waals surface area contributed by atoms with Gasteiger partial charge in [0, 0.05) is 29.9 Å². The summed E-state index contributed by atoms with van der Waals surface area (Å²) in [5.74, 6) is 1.54. The summed E-state index contributed by atoms with van der Waals surface area (Å²) in [7, 11) is 2.11. The molecule has 3 nitrogen and oxygen atoms in total. The maximum atomic E-state index is 4.46. The lowest BCUT2D eigenvalue weighted by Gasteiger charge is -2.44. The highest BCUT2D eigenvalue weighted by molar-refractivity contribution is 5.17. The quantitative estimate of drug-likeness (QED) is 0.904. The van der Waals surface area contributed by atoms with Crippen LogP contribution < -0.4 is 5.32 Å². The van der Waals surface area contributed by atoms with Crippen molar-refractivity contribution in [3.63, 3.8) is 0 Å². The van der Waals surface area contributed by atoms with E-state index < -0.39 is 0 Å². The molecule has 1 fully saturated rings. The van der Waals surface area contributed by atoms with Crippen molar-refractivity contribution >= 4 is 0 Å². The van der Waals surface area contributed by atoms with Gasteiger partial charge in [-0.05, 0) is 44.7 Å². The van der Waals surface area contributed by atoms with Crippen molar-refractivity contribution in [1.29, 1.82) is 0 Å². The third-order valence-corrected chi connectivity index (χ3v) is 5.09. The Morgan fingerprint density at radius 1 is 1.42 bits per heavy atom. The molecular weight excluding hydrogens is 234 g/mol. The Kier molecular flexibility index (Phi) is 4.34. The summed E-state index contributed by atoms with van der Waals surface area (Å²) >= 11 is 0. The molecule has 1 aliphatic rings. The van der Waals surface area contributed by atoms with Crippen LogP contribution >= 0.6 is 0 Å². The minimum absolute atomic E-state index is 0.181. The van der Waals surface area contributed by atoms with E-state index >= 15 is 0 Å². The highest BCUT2D eigenvalue weighted by Gasteiger charge is 2.40. The molecule has 2 rings (SSSR count). The molecule has 1 N–H and O–H groups in total. The summed E-state index contributed by atoms with van der Waals surface area (Å²) < 4.78 is 2.16. The molecule has 3 heteroatoms. The van der Waals surface area contributed by atoms with Gasteiger partial charge in [-0.2, -0.15) is 5.10 Å². The lowest BCUT2D eigenvalue weighted by Crippen LogP contribution is -2.48. The summed E-state index contributed by atoms with van der Waals surface area (Å²) in [6.07, 6.45) is 5.91. The number of rotatable bonds is 4. The van der Waals surface area contributed by atoms with E-state index in [4.69, 9.17) is 0 Å². The molecule has 0 saturated heterocycles. The summed E-state index contributed by atoms with van der Waals surface area (Å²) in [6.45, 7) is 10.3. The third-order valence-electron chi connectivity index (χ3n) is 5.09. The maximum Gasteiger partial charge on any atom is 0.0492 e. The Morgan fingerprint density at radius 2 is 2.16 bits per heavy atom. The van der Waals surface area contributed by atoms with Crippen LogP contribution in [0.5, 0.6) is 0 Å². The predicted octanol–water partition coefficient (Wildman–Crippen LogP) is 3.20. The summed E-state index contributed by atoms with van der Waals surface area (Å²) in [5.41, 5.74) is 1.56.